The number of amides is 2. The third-order valence-electron chi connectivity index (χ3n) is 5.32. The largest absolute Gasteiger partial charge is 0.484 e. The molecule has 0 bridgehead atoms. The molecule has 34 heavy (non-hydrogen) atoms. The molecule has 0 saturated carbocycles. The summed E-state index contributed by atoms with van der Waals surface area (Å²) < 4.78 is 20.4. The van der Waals surface area contributed by atoms with Crippen LogP contribution in [0.15, 0.2) is 60.8 Å². The molecule has 7 nitrogen and oxygen atoms in total. The lowest BCUT2D eigenvalue weighted by molar-refractivity contribution is -0.130. The Morgan fingerprint density at radius 3 is 2.50 bits per heavy atom. The van der Waals surface area contributed by atoms with Gasteiger partial charge in [-0.05, 0) is 68.7 Å². The number of benzene rings is 2. The van der Waals surface area contributed by atoms with Crippen molar-refractivity contribution in [3.63, 3.8) is 0 Å². The first kappa shape index (κ1) is 25.3. The molecular formula is C25H29FN4O3S. The van der Waals surface area contributed by atoms with Gasteiger partial charge in [0.15, 0.2) is 6.61 Å². The van der Waals surface area contributed by atoms with E-state index in [9.17, 15) is 14.0 Å². The van der Waals surface area contributed by atoms with Gasteiger partial charge < -0.3 is 15.4 Å². The van der Waals surface area contributed by atoms with Gasteiger partial charge in [0.2, 0.25) is 5.91 Å². The Labute approximate surface area is 203 Å². The maximum Gasteiger partial charge on any atom is 0.258 e. The minimum absolute atomic E-state index is 0.174. The molecule has 2 unspecified atom stereocenters. The number of nitrogens with zero attached hydrogens (tertiary/aromatic N) is 2. The maximum atomic E-state index is 13.3. The van der Waals surface area contributed by atoms with Crippen LogP contribution in [0.5, 0.6) is 5.75 Å². The predicted molar refractivity (Wildman–Crippen MR) is 132 cm³/mol. The summed E-state index contributed by atoms with van der Waals surface area (Å²) in [4.78, 5) is 25.4. The lowest BCUT2D eigenvalue weighted by atomic mass is 10.1. The van der Waals surface area contributed by atoms with Gasteiger partial charge in [-0.3, -0.25) is 9.59 Å². The van der Waals surface area contributed by atoms with Crippen molar-refractivity contribution in [2.24, 2.45) is 0 Å². The summed E-state index contributed by atoms with van der Waals surface area (Å²) in [6.45, 7) is 3.58. The van der Waals surface area contributed by atoms with Crippen molar-refractivity contribution in [1.82, 2.24) is 20.4 Å². The summed E-state index contributed by atoms with van der Waals surface area (Å²) in [5.41, 5.74) is 2.40. The zero-order valence-electron chi connectivity index (χ0n) is 19.5. The van der Waals surface area contributed by atoms with E-state index in [-0.39, 0.29) is 30.3 Å². The molecule has 0 radical (unpaired) electrons. The number of carbonyl (C=O) groups is 2. The van der Waals surface area contributed by atoms with Gasteiger partial charge in [0.05, 0.1) is 17.9 Å². The molecule has 1 heterocycles. The topological polar surface area (TPSA) is 85.2 Å². The number of thioether (sulfide) groups is 1. The second kappa shape index (κ2) is 12.2. The quantitative estimate of drug-likeness (QED) is 0.432. The molecular weight excluding hydrogens is 455 g/mol. The van der Waals surface area contributed by atoms with Crippen LogP contribution in [0.2, 0.25) is 0 Å². The lowest BCUT2D eigenvalue weighted by Gasteiger charge is -2.21. The average molecular weight is 485 g/mol. The van der Waals surface area contributed by atoms with Crippen LogP contribution >= 0.6 is 11.8 Å². The van der Waals surface area contributed by atoms with E-state index in [1.807, 2.05) is 38.3 Å². The van der Waals surface area contributed by atoms with Gasteiger partial charge in [-0.15, -0.1) is 0 Å². The zero-order valence-corrected chi connectivity index (χ0v) is 20.3. The minimum atomic E-state index is -0.686. The summed E-state index contributed by atoms with van der Waals surface area (Å²) in [7, 11) is 0. The number of nitrogens with one attached hydrogen (secondary N) is 2. The van der Waals surface area contributed by atoms with Crippen LogP contribution in [0.25, 0.3) is 5.69 Å². The molecule has 2 aromatic carbocycles. The highest BCUT2D eigenvalue weighted by Gasteiger charge is 2.24. The molecule has 2 N–H and O–H groups in total. The Bertz CT molecular complexity index is 1090. The SMILES string of the molecule is CSCCC(NC(=O)COc1ccccc1)C(=O)NC(C)c1cnn(-c2ccc(F)cc2)c1C. The Morgan fingerprint density at radius 2 is 1.82 bits per heavy atom. The fourth-order valence-corrected chi connectivity index (χ4v) is 3.96. The summed E-state index contributed by atoms with van der Waals surface area (Å²) in [6.07, 6.45) is 4.13. The minimum Gasteiger partial charge on any atom is -0.484 e. The molecule has 0 aliphatic rings. The van der Waals surface area contributed by atoms with E-state index in [1.165, 1.54) is 12.1 Å². The first-order valence-electron chi connectivity index (χ1n) is 11.0. The van der Waals surface area contributed by atoms with E-state index < -0.39 is 6.04 Å². The van der Waals surface area contributed by atoms with Gasteiger partial charge in [-0.1, -0.05) is 18.2 Å². The monoisotopic (exact) mass is 484 g/mol. The second-order valence-electron chi connectivity index (χ2n) is 7.81. The first-order valence-corrected chi connectivity index (χ1v) is 12.4. The Kier molecular flexibility index (Phi) is 9.09. The number of para-hydroxylation sites is 1. The fourth-order valence-electron chi connectivity index (χ4n) is 3.49. The van der Waals surface area contributed by atoms with Gasteiger partial charge in [-0.2, -0.15) is 16.9 Å². The molecule has 2 amide bonds. The van der Waals surface area contributed by atoms with Crippen LogP contribution in [-0.4, -0.2) is 46.3 Å². The van der Waals surface area contributed by atoms with E-state index >= 15 is 0 Å². The van der Waals surface area contributed by atoms with Crippen molar-refractivity contribution < 1.29 is 18.7 Å². The number of ether oxygens (including phenoxy) is 1. The van der Waals surface area contributed by atoms with Crippen molar-refractivity contribution in [2.75, 3.05) is 18.6 Å². The van der Waals surface area contributed by atoms with Crippen LogP contribution in [0, 0.1) is 12.7 Å². The number of hydrogen-bond acceptors (Lipinski definition) is 5. The average Bonchev–Trinajstić information content (AvgIpc) is 3.22. The molecule has 3 aromatic rings. The normalized spacial score (nSPS) is 12.6. The fraction of sp³-hybridized carbons (Fsp3) is 0.320. The summed E-state index contributed by atoms with van der Waals surface area (Å²) in [6, 6.07) is 14.1. The smallest absolute Gasteiger partial charge is 0.258 e. The summed E-state index contributed by atoms with van der Waals surface area (Å²) >= 11 is 1.60. The van der Waals surface area contributed by atoms with Crippen molar-refractivity contribution >= 4 is 23.6 Å². The highest BCUT2D eigenvalue weighted by Crippen LogP contribution is 2.20. The first-order chi connectivity index (χ1) is 16.4. The molecule has 0 spiro atoms. The summed E-state index contributed by atoms with van der Waals surface area (Å²) in [5, 5.41) is 10.2. The van der Waals surface area contributed by atoms with Gasteiger partial charge in [0.25, 0.3) is 5.91 Å². The number of hydrogen-bond donors (Lipinski definition) is 2. The molecule has 9 heteroatoms. The van der Waals surface area contributed by atoms with E-state index in [0.717, 1.165) is 16.9 Å². The molecule has 0 saturated heterocycles. The number of rotatable bonds is 11. The van der Waals surface area contributed by atoms with Crippen LogP contribution in [0.1, 0.15) is 30.6 Å². The maximum absolute atomic E-state index is 13.3. The van der Waals surface area contributed by atoms with Crippen LogP contribution in [0.4, 0.5) is 4.39 Å². The Morgan fingerprint density at radius 1 is 1.12 bits per heavy atom. The Balaban J connectivity index is 1.63. The molecule has 3 rings (SSSR count). The van der Waals surface area contributed by atoms with E-state index in [4.69, 9.17) is 4.74 Å². The molecule has 1 aromatic heterocycles. The molecule has 2 atom stereocenters. The van der Waals surface area contributed by atoms with Crippen molar-refractivity contribution in [3.05, 3.63) is 77.9 Å². The molecule has 0 aliphatic heterocycles. The van der Waals surface area contributed by atoms with Crippen molar-refractivity contribution in [2.45, 2.75) is 32.4 Å². The lowest BCUT2D eigenvalue weighted by Crippen LogP contribution is -2.48. The number of carbonyl (C=O) groups excluding carboxylic acids is 2. The predicted octanol–water partition coefficient (Wildman–Crippen LogP) is 3.81. The van der Waals surface area contributed by atoms with Gasteiger partial charge in [0.1, 0.15) is 17.6 Å². The van der Waals surface area contributed by atoms with Gasteiger partial charge >= 0.3 is 0 Å². The molecule has 0 fully saturated rings. The zero-order chi connectivity index (χ0) is 24.5. The van der Waals surface area contributed by atoms with E-state index in [1.54, 1.807) is 46.9 Å². The second-order valence-corrected chi connectivity index (χ2v) is 8.79. The molecule has 180 valence electrons. The third-order valence-corrected chi connectivity index (χ3v) is 5.96. The van der Waals surface area contributed by atoms with Crippen LogP contribution in [0.3, 0.4) is 0 Å². The third kappa shape index (κ3) is 6.84. The number of aromatic nitrogens is 2. The van der Waals surface area contributed by atoms with Gasteiger partial charge in [0, 0.05) is 11.3 Å². The Hall–Kier alpha value is -3.33. The van der Waals surface area contributed by atoms with Crippen molar-refractivity contribution in [3.8, 4) is 11.4 Å². The molecule has 0 aliphatic carbocycles. The summed E-state index contributed by atoms with van der Waals surface area (Å²) in [5.74, 6) is 0.349. The van der Waals surface area contributed by atoms with Crippen molar-refractivity contribution in [1.29, 1.82) is 0 Å². The highest BCUT2D eigenvalue weighted by atomic mass is 32.2. The number of halogens is 1. The van der Waals surface area contributed by atoms with E-state index in [2.05, 4.69) is 15.7 Å². The van der Waals surface area contributed by atoms with Crippen LogP contribution in [-0.2, 0) is 9.59 Å². The van der Waals surface area contributed by atoms with E-state index in [0.29, 0.717) is 17.9 Å². The highest BCUT2D eigenvalue weighted by molar-refractivity contribution is 7.98. The standard InChI is InChI=1S/C25H29FN4O3S/c1-17(22-15-27-30(18(22)2)20-11-9-19(26)10-12-20)28-25(32)23(13-14-34-3)29-24(31)16-33-21-7-5-4-6-8-21/h4-12,15,17,23H,13-14,16H2,1-3H3,(H,28,32)(H,29,31). The van der Waals surface area contributed by atoms with Crippen LogP contribution < -0.4 is 15.4 Å². The van der Waals surface area contributed by atoms with Gasteiger partial charge in [-0.25, -0.2) is 9.07 Å².